The van der Waals surface area contributed by atoms with E-state index in [0.717, 1.165) is 0 Å². The molecule has 41 valence electrons. The molecule has 0 spiro atoms. The first-order valence-corrected chi connectivity index (χ1v) is 4.11. The van der Waals surface area contributed by atoms with Gasteiger partial charge in [-0.1, -0.05) is 0 Å². The van der Waals surface area contributed by atoms with Crippen LogP contribution in [0.25, 0.3) is 0 Å². The Balaban J connectivity index is 2.83. The summed E-state index contributed by atoms with van der Waals surface area (Å²) in [5.74, 6) is 0. The van der Waals surface area contributed by atoms with Crippen molar-refractivity contribution in [1.29, 1.82) is 0 Å². The van der Waals surface area contributed by atoms with Crippen LogP contribution in [0.3, 0.4) is 0 Å². The number of benzene rings is 1. The number of hydrogen-bond acceptors (Lipinski definition) is 1. The van der Waals surface area contributed by atoms with E-state index in [9.17, 15) is 0 Å². The van der Waals surface area contributed by atoms with Gasteiger partial charge in [-0.05, 0) is 0 Å². The first-order valence-electron chi connectivity index (χ1n) is 2.26. The van der Waals surface area contributed by atoms with Gasteiger partial charge in [-0.2, -0.15) is 0 Å². The summed E-state index contributed by atoms with van der Waals surface area (Å²) >= 11 is 0.137. The van der Waals surface area contributed by atoms with Gasteiger partial charge in [-0.25, -0.2) is 0 Å². The second kappa shape index (κ2) is 2.88. The van der Waals surface area contributed by atoms with Crippen molar-refractivity contribution in [3.63, 3.8) is 0 Å². The molecular formula is C6H6NSe. The van der Waals surface area contributed by atoms with Gasteiger partial charge < -0.3 is 0 Å². The molecule has 2 heteroatoms. The van der Waals surface area contributed by atoms with Crippen molar-refractivity contribution in [1.82, 2.24) is 0 Å². The Kier molecular flexibility index (Phi) is 2.10. The van der Waals surface area contributed by atoms with Gasteiger partial charge in [0.2, 0.25) is 0 Å². The maximum atomic E-state index is 5.39. The molecule has 0 amide bonds. The van der Waals surface area contributed by atoms with Crippen LogP contribution in [-0.4, -0.2) is 15.2 Å². The van der Waals surface area contributed by atoms with Crippen LogP contribution in [0.15, 0.2) is 24.3 Å². The molecule has 0 fully saturated rings. The summed E-state index contributed by atoms with van der Waals surface area (Å²) in [5, 5.41) is 0. The van der Waals surface area contributed by atoms with Crippen molar-refractivity contribution in [3.8, 4) is 0 Å². The van der Waals surface area contributed by atoms with Crippen LogP contribution in [-0.2, 0) is 0 Å². The third-order valence-corrected chi connectivity index (χ3v) is 1.92. The fourth-order valence-electron chi connectivity index (χ4n) is 0.450. The molecule has 0 atom stereocenters. The van der Waals surface area contributed by atoms with Crippen LogP contribution < -0.4 is 9.21 Å². The van der Waals surface area contributed by atoms with E-state index < -0.39 is 0 Å². The van der Waals surface area contributed by atoms with Gasteiger partial charge in [0.05, 0.1) is 0 Å². The summed E-state index contributed by atoms with van der Waals surface area (Å²) in [5.41, 5.74) is 0. The minimum absolute atomic E-state index is 0.137. The summed E-state index contributed by atoms with van der Waals surface area (Å²) in [6.45, 7) is 0. The molecule has 0 aliphatic carbocycles. The fourth-order valence-corrected chi connectivity index (χ4v) is 1.07. The van der Waals surface area contributed by atoms with Crippen molar-refractivity contribution in [2.24, 2.45) is 4.75 Å². The summed E-state index contributed by atoms with van der Waals surface area (Å²) in [7, 11) is 0. The van der Waals surface area contributed by atoms with E-state index in [4.69, 9.17) is 4.75 Å². The van der Waals surface area contributed by atoms with Crippen LogP contribution in [0, 0.1) is 6.07 Å². The van der Waals surface area contributed by atoms with E-state index in [1.165, 1.54) is 4.46 Å². The molecule has 2 N–H and O–H groups in total. The molecule has 1 aromatic carbocycles. The number of rotatable bonds is 1. The topological polar surface area (TPSA) is 26.0 Å². The molecule has 0 heterocycles. The second-order valence-electron chi connectivity index (χ2n) is 1.36. The zero-order chi connectivity index (χ0) is 5.82. The van der Waals surface area contributed by atoms with Gasteiger partial charge in [0.1, 0.15) is 0 Å². The fraction of sp³-hybridized carbons (Fsp3) is 0. The van der Waals surface area contributed by atoms with Gasteiger partial charge in [0, 0.05) is 0 Å². The second-order valence-corrected chi connectivity index (χ2v) is 2.84. The van der Waals surface area contributed by atoms with Crippen LogP contribution in [0.5, 0.6) is 0 Å². The van der Waals surface area contributed by atoms with Gasteiger partial charge >= 0.3 is 54.7 Å². The maximum absolute atomic E-state index is 5.39. The van der Waals surface area contributed by atoms with Gasteiger partial charge in [0.15, 0.2) is 0 Å². The molecule has 8 heavy (non-hydrogen) atoms. The predicted octanol–water partition coefficient (Wildman–Crippen LogP) is -0.310. The molecule has 0 unspecified atom stereocenters. The minimum atomic E-state index is 0.137. The Bertz CT molecular complexity index is 150. The van der Waals surface area contributed by atoms with Crippen LogP contribution >= 0.6 is 0 Å². The number of nitrogens with two attached hydrogens (primary N) is 1. The van der Waals surface area contributed by atoms with Crippen molar-refractivity contribution in [2.45, 2.75) is 0 Å². The first kappa shape index (κ1) is 5.83. The molecule has 0 bridgehead atoms. The molecule has 0 aromatic heterocycles. The molecule has 1 aromatic rings. The summed E-state index contributed by atoms with van der Waals surface area (Å²) in [6.07, 6.45) is 0. The van der Waals surface area contributed by atoms with E-state index >= 15 is 0 Å². The van der Waals surface area contributed by atoms with Crippen molar-refractivity contribution in [2.75, 3.05) is 0 Å². The van der Waals surface area contributed by atoms with Crippen LogP contribution in [0.1, 0.15) is 0 Å². The van der Waals surface area contributed by atoms with Crippen molar-refractivity contribution in [3.05, 3.63) is 30.3 Å². The SMILES string of the molecule is N[Se]c1c[c]ccc1. The van der Waals surface area contributed by atoms with Crippen LogP contribution in [0.2, 0.25) is 0 Å². The quantitative estimate of drug-likeness (QED) is 0.576. The van der Waals surface area contributed by atoms with E-state index in [0.29, 0.717) is 0 Å². The Morgan fingerprint density at radius 1 is 1.62 bits per heavy atom. The average Bonchev–Trinajstić information content (AvgIpc) is 1.90. The molecule has 1 rings (SSSR count). The summed E-state index contributed by atoms with van der Waals surface area (Å²) < 4.78 is 6.59. The molecule has 0 aliphatic rings. The van der Waals surface area contributed by atoms with Gasteiger partial charge in [-0.3, -0.25) is 0 Å². The van der Waals surface area contributed by atoms with Gasteiger partial charge in [0.25, 0.3) is 0 Å². The Hall–Kier alpha value is -0.301. The van der Waals surface area contributed by atoms with E-state index in [1.54, 1.807) is 0 Å². The molecule has 1 radical (unpaired) electrons. The van der Waals surface area contributed by atoms with Gasteiger partial charge in [-0.15, -0.1) is 0 Å². The van der Waals surface area contributed by atoms with Crippen LogP contribution in [0.4, 0.5) is 0 Å². The monoisotopic (exact) mass is 172 g/mol. The summed E-state index contributed by atoms with van der Waals surface area (Å²) in [4.78, 5) is 0. The summed E-state index contributed by atoms with van der Waals surface area (Å²) in [6, 6.07) is 10.7. The molecule has 0 aliphatic heterocycles. The molecule has 0 saturated heterocycles. The normalized spacial score (nSPS) is 9.12. The van der Waals surface area contributed by atoms with E-state index in [-0.39, 0.29) is 15.2 Å². The molecule has 0 saturated carbocycles. The van der Waals surface area contributed by atoms with E-state index in [1.807, 2.05) is 24.3 Å². The Morgan fingerprint density at radius 2 is 2.50 bits per heavy atom. The van der Waals surface area contributed by atoms with Crippen molar-refractivity contribution >= 4 is 19.6 Å². The predicted molar refractivity (Wildman–Crippen MR) is 34.9 cm³/mol. The first-order chi connectivity index (χ1) is 3.93. The third kappa shape index (κ3) is 1.34. The third-order valence-electron chi connectivity index (χ3n) is 0.815. The molecular weight excluding hydrogens is 165 g/mol. The Morgan fingerprint density at radius 3 is 2.88 bits per heavy atom. The van der Waals surface area contributed by atoms with Crippen molar-refractivity contribution < 1.29 is 0 Å². The molecule has 1 nitrogen and oxygen atoms in total. The average molecular weight is 171 g/mol. The number of hydrogen-bond donors (Lipinski definition) is 1. The zero-order valence-corrected chi connectivity index (χ0v) is 6.01. The zero-order valence-electron chi connectivity index (χ0n) is 4.29. The Labute approximate surface area is 55.3 Å². The standard InChI is InChI=1S/C6H6NSe/c7-8-6-4-2-1-3-5-6/h1-2,4-5H,7H2. The van der Waals surface area contributed by atoms with E-state index in [2.05, 4.69) is 6.07 Å².